The monoisotopic (exact) mass is 164 g/mol. The number of carbonyl (C=O) groups excluding carboxylic acids is 1. The van der Waals surface area contributed by atoms with Crippen LogP contribution in [0.2, 0.25) is 0 Å². The van der Waals surface area contributed by atoms with Crippen molar-refractivity contribution in [2.75, 3.05) is 0 Å². The van der Waals surface area contributed by atoms with E-state index in [9.17, 15) is 4.79 Å². The van der Waals surface area contributed by atoms with Crippen LogP contribution in [-0.4, -0.2) is 11.0 Å². The first kappa shape index (κ1) is 8.59. The summed E-state index contributed by atoms with van der Waals surface area (Å²) in [5, 5.41) is 9.04. The summed E-state index contributed by atoms with van der Waals surface area (Å²) >= 11 is 0. The molecule has 1 radical (unpaired) electrons. The van der Waals surface area contributed by atoms with Gasteiger partial charge >= 0.3 is 0 Å². The molecule has 0 unspecified atom stereocenters. The van der Waals surface area contributed by atoms with Crippen LogP contribution in [0.1, 0.15) is 12.0 Å². The summed E-state index contributed by atoms with van der Waals surface area (Å²) in [5.74, 6) is -0.188. The zero-order chi connectivity index (χ0) is 8.97. The van der Waals surface area contributed by atoms with E-state index < -0.39 is 0 Å². The molecule has 1 amide bonds. The summed E-state index contributed by atoms with van der Waals surface area (Å²) in [5.41, 5.74) is 5.75. The molecule has 63 valence electrons. The van der Waals surface area contributed by atoms with Crippen LogP contribution < -0.4 is 5.73 Å². The highest BCUT2D eigenvalue weighted by atomic mass is 16.3. The van der Waals surface area contributed by atoms with Crippen molar-refractivity contribution in [1.29, 1.82) is 0 Å². The Morgan fingerprint density at radius 3 is 2.92 bits per heavy atom. The highest BCUT2D eigenvalue weighted by Crippen LogP contribution is 2.13. The van der Waals surface area contributed by atoms with Gasteiger partial charge in [-0.05, 0) is 17.7 Å². The maximum Gasteiger partial charge on any atom is 0.218 e. The number of benzene rings is 1. The lowest BCUT2D eigenvalue weighted by Gasteiger charge is -1.98. The van der Waals surface area contributed by atoms with Crippen LogP contribution >= 0.6 is 0 Å². The van der Waals surface area contributed by atoms with Crippen LogP contribution in [0.25, 0.3) is 0 Å². The van der Waals surface area contributed by atoms with Gasteiger partial charge in [0.25, 0.3) is 0 Å². The number of hydrogen-bond acceptors (Lipinski definition) is 2. The highest BCUT2D eigenvalue weighted by Gasteiger charge is 1.97. The van der Waals surface area contributed by atoms with E-state index in [2.05, 4.69) is 0 Å². The molecule has 0 aromatic heterocycles. The number of phenolic OH excluding ortho intramolecular Hbond substituents is 1. The molecule has 0 saturated heterocycles. The van der Waals surface area contributed by atoms with Gasteiger partial charge in [0.15, 0.2) is 0 Å². The SMILES string of the molecule is NC(=O)C[CH]c1cccc(O)c1. The third kappa shape index (κ3) is 2.62. The van der Waals surface area contributed by atoms with E-state index in [-0.39, 0.29) is 18.1 Å². The molecule has 0 saturated carbocycles. The van der Waals surface area contributed by atoms with Crippen LogP contribution in [0.15, 0.2) is 24.3 Å². The molecule has 0 heterocycles. The van der Waals surface area contributed by atoms with Gasteiger partial charge in [0, 0.05) is 12.8 Å². The zero-order valence-electron chi connectivity index (χ0n) is 6.53. The fourth-order valence-electron chi connectivity index (χ4n) is 0.870. The Balaban J connectivity index is 2.57. The Hall–Kier alpha value is -1.51. The highest BCUT2D eigenvalue weighted by molar-refractivity contribution is 5.75. The quantitative estimate of drug-likeness (QED) is 0.694. The lowest BCUT2D eigenvalue weighted by Crippen LogP contribution is -2.10. The summed E-state index contributed by atoms with van der Waals surface area (Å²) in [4.78, 5) is 10.4. The molecule has 0 aliphatic carbocycles. The molecule has 0 aliphatic rings. The first-order valence-corrected chi connectivity index (χ1v) is 3.59. The van der Waals surface area contributed by atoms with Gasteiger partial charge in [0.05, 0.1) is 0 Å². The summed E-state index contributed by atoms with van der Waals surface area (Å²) in [6.45, 7) is 0. The van der Waals surface area contributed by atoms with Crippen molar-refractivity contribution < 1.29 is 9.90 Å². The number of aromatic hydroxyl groups is 1. The molecule has 3 nitrogen and oxygen atoms in total. The van der Waals surface area contributed by atoms with Crippen LogP contribution in [0.3, 0.4) is 0 Å². The third-order valence-electron chi connectivity index (χ3n) is 1.41. The van der Waals surface area contributed by atoms with Gasteiger partial charge in [-0.1, -0.05) is 12.1 Å². The molecule has 1 aromatic carbocycles. The summed E-state index contributed by atoms with van der Waals surface area (Å²) in [7, 11) is 0. The van der Waals surface area contributed by atoms with Crippen LogP contribution in [0, 0.1) is 6.42 Å². The van der Waals surface area contributed by atoms with Gasteiger partial charge in [-0.15, -0.1) is 0 Å². The van der Waals surface area contributed by atoms with E-state index in [1.807, 2.05) is 0 Å². The molecule has 12 heavy (non-hydrogen) atoms. The Kier molecular flexibility index (Phi) is 2.69. The van der Waals surface area contributed by atoms with E-state index in [0.717, 1.165) is 5.56 Å². The molecule has 0 bridgehead atoms. The largest absolute Gasteiger partial charge is 0.508 e. The predicted molar refractivity (Wildman–Crippen MR) is 45.3 cm³/mol. The zero-order valence-corrected chi connectivity index (χ0v) is 6.53. The molecular weight excluding hydrogens is 154 g/mol. The van der Waals surface area contributed by atoms with E-state index in [1.165, 1.54) is 0 Å². The van der Waals surface area contributed by atoms with Crippen molar-refractivity contribution >= 4 is 5.91 Å². The van der Waals surface area contributed by atoms with Gasteiger partial charge in [0.2, 0.25) is 5.91 Å². The summed E-state index contributed by atoms with van der Waals surface area (Å²) < 4.78 is 0. The van der Waals surface area contributed by atoms with Crippen molar-refractivity contribution in [2.45, 2.75) is 6.42 Å². The molecule has 1 aromatic rings. The third-order valence-corrected chi connectivity index (χ3v) is 1.41. The predicted octanol–water partition coefficient (Wildman–Crippen LogP) is 0.820. The first-order valence-electron chi connectivity index (χ1n) is 3.59. The van der Waals surface area contributed by atoms with E-state index in [4.69, 9.17) is 10.8 Å². The number of amides is 1. The molecule has 0 fully saturated rings. The summed E-state index contributed by atoms with van der Waals surface area (Å²) in [6.07, 6.45) is 1.87. The molecule has 3 N–H and O–H groups in total. The second kappa shape index (κ2) is 3.76. The second-order valence-electron chi connectivity index (χ2n) is 2.47. The average Bonchev–Trinajstić information content (AvgIpc) is 2.01. The lowest BCUT2D eigenvalue weighted by molar-refractivity contribution is -0.117. The van der Waals surface area contributed by atoms with Gasteiger partial charge in [-0.2, -0.15) is 0 Å². The minimum absolute atomic E-state index is 0.188. The standard InChI is InChI=1S/C9H10NO2/c10-9(12)5-4-7-2-1-3-8(11)6-7/h1-4,6,11H,5H2,(H2,10,12). The Morgan fingerprint density at radius 2 is 2.33 bits per heavy atom. The van der Waals surface area contributed by atoms with Gasteiger partial charge in [-0.25, -0.2) is 0 Å². The second-order valence-corrected chi connectivity index (χ2v) is 2.47. The van der Waals surface area contributed by atoms with Crippen molar-refractivity contribution in [2.24, 2.45) is 5.73 Å². The van der Waals surface area contributed by atoms with Crippen LogP contribution in [0.4, 0.5) is 0 Å². The molecule has 1 rings (SSSR count). The maximum atomic E-state index is 10.4. The topological polar surface area (TPSA) is 63.3 Å². The fraction of sp³-hybridized carbons (Fsp3) is 0.111. The van der Waals surface area contributed by atoms with Crippen LogP contribution in [0.5, 0.6) is 5.75 Å². The van der Waals surface area contributed by atoms with E-state index >= 15 is 0 Å². The minimum Gasteiger partial charge on any atom is -0.508 e. The van der Waals surface area contributed by atoms with E-state index in [1.54, 1.807) is 30.7 Å². The average molecular weight is 164 g/mol. The van der Waals surface area contributed by atoms with Gasteiger partial charge in [0.1, 0.15) is 5.75 Å². The van der Waals surface area contributed by atoms with Gasteiger partial charge in [-0.3, -0.25) is 4.79 Å². The van der Waals surface area contributed by atoms with Gasteiger partial charge < -0.3 is 10.8 Å². The first-order chi connectivity index (χ1) is 5.68. The number of carbonyl (C=O) groups is 1. The fourth-order valence-corrected chi connectivity index (χ4v) is 0.870. The molecule has 0 atom stereocenters. The van der Waals surface area contributed by atoms with Crippen molar-refractivity contribution in [3.8, 4) is 5.75 Å². The smallest absolute Gasteiger partial charge is 0.218 e. The van der Waals surface area contributed by atoms with E-state index in [0.29, 0.717) is 0 Å². The number of hydrogen-bond donors (Lipinski definition) is 2. The minimum atomic E-state index is -0.377. The molecular formula is C9H10NO2. The van der Waals surface area contributed by atoms with Crippen molar-refractivity contribution in [3.63, 3.8) is 0 Å². The Bertz CT molecular complexity index is 284. The number of primary amides is 1. The summed E-state index contributed by atoms with van der Waals surface area (Å²) in [6, 6.07) is 6.65. The Morgan fingerprint density at radius 1 is 1.58 bits per heavy atom. The Labute approximate surface area is 70.8 Å². The number of rotatable bonds is 3. The van der Waals surface area contributed by atoms with Crippen LogP contribution in [-0.2, 0) is 4.79 Å². The molecule has 0 spiro atoms. The molecule has 3 heteroatoms. The molecule has 0 aliphatic heterocycles. The van der Waals surface area contributed by atoms with Crippen molar-refractivity contribution in [3.05, 3.63) is 36.2 Å². The maximum absolute atomic E-state index is 10.4. The number of phenols is 1. The normalized spacial score (nSPS) is 9.67. The van der Waals surface area contributed by atoms with Crippen molar-refractivity contribution in [1.82, 2.24) is 0 Å². The lowest BCUT2D eigenvalue weighted by atomic mass is 10.1. The number of nitrogens with two attached hydrogens (primary N) is 1.